The smallest absolute Gasteiger partial charge is 0.119 e. The summed E-state index contributed by atoms with van der Waals surface area (Å²) in [6.45, 7) is 2.68. The van der Waals surface area contributed by atoms with Crippen molar-refractivity contribution in [3.63, 3.8) is 0 Å². The molecule has 1 heterocycles. The molecule has 4 nitrogen and oxygen atoms in total. The summed E-state index contributed by atoms with van der Waals surface area (Å²) in [6.07, 6.45) is 7.12. The van der Waals surface area contributed by atoms with E-state index in [9.17, 15) is 0 Å². The average molecular weight is 304 g/mol. The first-order valence-corrected chi connectivity index (χ1v) is 8.63. The molecule has 0 amide bonds. The quantitative estimate of drug-likeness (QED) is 0.877. The van der Waals surface area contributed by atoms with Crippen LogP contribution in [0.1, 0.15) is 38.5 Å². The second kappa shape index (κ2) is 7.84. The zero-order valence-electron chi connectivity index (χ0n) is 13.3. The normalized spacial score (nSPS) is 26.6. The highest BCUT2D eigenvalue weighted by atomic mass is 16.5. The van der Waals surface area contributed by atoms with Crippen LogP contribution in [0.15, 0.2) is 24.3 Å². The standard InChI is InChI=1S/C18H28N2O2/c19-15-3-1-14(2-4-15)13-20-16-5-7-17(8-6-16)22-18-9-11-21-12-10-18/h5-8,14-15,18,20H,1-4,9-13,19H2/t14-,15-. The summed E-state index contributed by atoms with van der Waals surface area (Å²) in [6, 6.07) is 8.79. The maximum atomic E-state index is 5.99. The molecule has 122 valence electrons. The molecule has 3 N–H and O–H groups in total. The molecule has 1 aromatic carbocycles. The van der Waals surface area contributed by atoms with E-state index in [1.807, 2.05) is 0 Å². The Kier molecular flexibility index (Phi) is 5.57. The van der Waals surface area contributed by atoms with Gasteiger partial charge in [0.25, 0.3) is 0 Å². The fourth-order valence-electron chi connectivity index (χ4n) is 3.29. The van der Waals surface area contributed by atoms with Crippen molar-refractivity contribution in [1.82, 2.24) is 0 Å². The number of nitrogens with two attached hydrogens (primary N) is 1. The van der Waals surface area contributed by atoms with Crippen molar-refractivity contribution in [2.24, 2.45) is 11.7 Å². The Morgan fingerprint density at radius 2 is 1.68 bits per heavy atom. The number of hydrogen-bond donors (Lipinski definition) is 2. The predicted molar refractivity (Wildman–Crippen MR) is 89.3 cm³/mol. The lowest BCUT2D eigenvalue weighted by Gasteiger charge is -2.26. The van der Waals surface area contributed by atoms with Gasteiger partial charge in [0, 0.05) is 31.1 Å². The van der Waals surface area contributed by atoms with Crippen LogP contribution in [0, 0.1) is 5.92 Å². The van der Waals surface area contributed by atoms with E-state index in [-0.39, 0.29) is 0 Å². The minimum absolute atomic E-state index is 0.305. The minimum atomic E-state index is 0.305. The maximum Gasteiger partial charge on any atom is 0.119 e. The van der Waals surface area contributed by atoms with Gasteiger partial charge in [-0.3, -0.25) is 0 Å². The lowest BCUT2D eigenvalue weighted by molar-refractivity contribution is 0.0256. The SMILES string of the molecule is N[C@H]1CC[C@H](CNc2ccc(OC3CCOCC3)cc2)CC1. The Morgan fingerprint density at radius 3 is 2.36 bits per heavy atom. The Morgan fingerprint density at radius 1 is 1.00 bits per heavy atom. The van der Waals surface area contributed by atoms with Gasteiger partial charge in [0.2, 0.25) is 0 Å². The van der Waals surface area contributed by atoms with E-state index in [0.717, 1.165) is 44.3 Å². The number of anilines is 1. The van der Waals surface area contributed by atoms with E-state index < -0.39 is 0 Å². The van der Waals surface area contributed by atoms with Crippen LogP contribution < -0.4 is 15.8 Å². The van der Waals surface area contributed by atoms with Gasteiger partial charge in [0.15, 0.2) is 0 Å². The van der Waals surface area contributed by atoms with Crippen LogP contribution in [-0.2, 0) is 4.74 Å². The molecular formula is C18H28N2O2. The third-order valence-electron chi connectivity index (χ3n) is 4.81. The lowest BCUT2D eigenvalue weighted by Crippen LogP contribution is -2.29. The number of rotatable bonds is 5. The van der Waals surface area contributed by atoms with Crippen molar-refractivity contribution in [1.29, 1.82) is 0 Å². The minimum Gasteiger partial charge on any atom is -0.490 e. The first-order valence-electron chi connectivity index (χ1n) is 8.63. The van der Waals surface area contributed by atoms with Crippen molar-refractivity contribution in [2.75, 3.05) is 25.1 Å². The summed E-state index contributed by atoms with van der Waals surface area (Å²) < 4.78 is 11.3. The monoisotopic (exact) mass is 304 g/mol. The Labute approximate surface area is 133 Å². The molecule has 1 aromatic rings. The van der Waals surface area contributed by atoms with Gasteiger partial charge in [-0.1, -0.05) is 0 Å². The number of ether oxygens (including phenoxy) is 2. The highest BCUT2D eigenvalue weighted by Gasteiger charge is 2.18. The molecule has 0 unspecified atom stereocenters. The summed E-state index contributed by atoms with van der Waals surface area (Å²) in [4.78, 5) is 0. The lowest BCUT2D eigenvalue weighted by atomic mass is 9.86. The van der Waals surface area contributed by atoms with Crippen molar-refractivity contribution < 1.29 is 9.47 Å². The van der Waals surface area contributed by atoms with Gasteiger partial charge in [0.1, 0.15) is 11.9 Å². The van der Waals surface area contributed by atoms with Gasteiger partial charge in [-0.2, -0.15) is 0 Å². The molecule has 0 spiro atoms. The van der Waals surface area contributed by atoms with Crippen molar-refractivity contribution in [3.8, 4) is 5.75 Å². The largest absolute Gasteiger partial charge is 0.490 e. The Hall–Kier alpha value is -1.26. The third kappa shape index (κ3) is 4.62. The molecule has 2 fully saturated rings. The second-order valence-corrected chi connectivity index (χ2v) is 6.62. The van der Waals surface area contributed by atoms with Gasteiger partial charge in [-0.05, 0) is 55.9 Å². The van der Waals surface area contributed by atoms with Crippen LogP contribution in [0.5, 0.6) is 5.75 Å². The van der Waals surface area contributed by atoms with Crippen LogP contribution in [0.3, 0.4) is 0 Å². The van der Waals surface area contributed by atoms with Crippen LogP contribution in [0.2, 0.25) is 0 Å². The second-order valence-electron chi connectivity index (χ2n) is 6.62. The molecule has 0 atom stereocenters. The Balaban J connectivity index is 1.43. The molecule has 1 aliphatic heterocycles. The number of benzene rings is 1. The summed E-state index contributed by atoms with van der Waals surface area (Å²) >= 11 is 0. The molecule has 0 bridgehead atoms. The highest BCUT2D eigenvalue weighted by molar-refractivity contribution is 5.46. The summed E-state index contributed by atoms with van der Waals surface area (Å²) in [5, 5.41) is 3.54. The van der Waals surface area contributed by atoms with Gasteiger partial charge in [-0.25, -0.2) is 0 Å². The summed E-state index contributed by atoms with van der Waals surface area (Å²) in [5.41, 5.74) is 7.13. The van der Waals surface area contributed by atoms with Gasteiger partial charge in [-0.15, -0.1) is 0 Å². The summed E-state index contributed by atoms with van der Waals surface area (Å²) in [5.74, 6) is 1.72. The molecule has 0 radical (unpaired) electrons. The molecule has 1 saturated heterocycles. The van der Waals surface area contributed by atoms with Crippen LogP contribution in [0.4, 0.5) is 5.69 Å². The van der Waals surface area contributed by atoms with Crippen molar-refractivity contribution in [2.45, 2.75) is 50.7 Å². The fraction of sp³-hybridized carbons (Fsp3) is 0.667. The van der Waals surface area contributed by atoms with Crippen molar-refractivity contribution in [3.05, 3.63) is 24.3 Å². The van der Waals surface area contributed by atoms with Crippen LogP contribution >= 0.6 is 0 Å². The highest BCUT2D eigenvalue weighted by Crippen LogP contribution is 2.24. The molecule has 22 heavy (non-hydrogen) atoms. The van der Waals surface area contributed by atoms with Gasteiger partial charge < -0.3 is 20.5 Å². The van der Waals surface area contributed by atoms with Gasteiger partial charge >= 0.3 is 0 Å². The van der Waals surface area contributed by atoms with E-state index in [1.54, 1.807) is 0 Å². The number of hydrogen-bond acceptors (Lipinski definition) is 4. The predicted octanol–water partition coefficient (Wildman–Crippen LogP) is 3.17. The number of nitrogens with one attached hydrogen (secondary N) is 1. The zero-order valence-corrected chi connectivity index (χ0v) is 13.3. The first-order chi connectivity index (χ1) is 10.8. The first kappa shape index (κ1) is 15.6. The average Bonchev–Trinajstić information content (AvgIpc) is 2.57. The van der Waals surface area contributed by atoms with E-state index in [1.165, 1.54) is 31.4 Å². The molecule has 1 aliphatic carbocycles. The van der Waals surface area contributed by atoms with E-state index in [0.29, 0.717) is 12.1 Å². The molecule has 1 saturated carbocycles. The van der Waals surface area contributed by atoms with Crippen LogP contribution in [0.25, 0.3) is 0 Å². The van der Waals surface area contributed by atoms with Gasteiger partial charge in [0.05, 0.1) is 13.2 Å². The van der Waals surface area contributed by atoms with E-state index in [2.05, 4.69) is 29.6 Å². The molecule has 2 aliphatic rings. The summed E-state index contributed by atoms with van der Waals surface area (Å²) in [7, 11) is 0. The van der Waals surface area contributed by atoms with E-state index in [4.69, 9.17) is 15.2 Å². The maximum absolute atomic E-state index is 5.99. The molecule has 4 heteroatoms. The Bertz CT molecular complexity index is 435. The van der Waals surface area contributed by atoms with Crippen LogP contribution in [-0.4, -0.2) is 31.9 Å². The molecule has 0 aromatic heterocycles. The fourth-order valence-corrected chi connectivity index (χ4v) is 3.29. The topological polar surface area (TPSA) is 56.5 Å². The zero-order chi connectivity index (χ0) is 15.2. The van der Waals surface area contributed by atoms with E-state index >= 15 is 0 Å². The van der Waals surface area contributed by atoms with Crippen molar-refractivity contribution >= 4 is 5.69 Å². The molecule has 3 rings (SSSR count). The molecular weight excluding hydrogens is 276 g/mol. The third-order valence-corrected chi connectivity index (χ3v) is 4.81.